The second kappa shape index (κ2) is 5.94. The number of urea groups is 1. The summed E-state index contributed by atoms with van der Waals surface area (Å²) in [4.78, 5) is 39.0. The molecule has 3 rings (SSSR count). The fraction of sp³-hybridized carbons (Fsp3) is 0.800. The number of hydrogen-bond donors (Lipinski definition) is 2. The second-order valence-corrected chi connectivity index (χ2v) is 7.30. The van der Waals surface area contributed by atoms with Crippen LogP contribution < -0.4 is 5.32 Å². The van der Waals surface area contributed by atoms with Crippen molar-refractivity contribution in [2.45, 2.75) is 38.6 Å². The summed E-state index contributed by atoms with van der Waals surface area (Å²) in [5.41, 5.74) is -1.46. The first-order valence-corrected chi connectivity index (χ1v) is 7.86. The van der Waals surface area contributed by atoms with Gasteiger partial charge in [0.15, 0.2) is 0 Å². The normalized spacial score (nSPS) is 32.6. The fourth-order valence-electron chi connectivity index (χ4n) is 4.18. The molecule has 3 fully saturated rings. The van der Waals surface area contributed by atoms with Crippen molar-refractivity contribution in [2.24, 2.45) is 11.3 Å². The monoisotopic (exact) mass is 345 g/mol. The van der Waals surface area contributed by atoms with Crippen molar-refractivity contribution in [1.29, 1.82) is 0 Å². The molecular weight excluding hydrogens is 322 g/mol. The Kier molecular flexibility index (Phi) is 4.65. The molecule has 0 bridgehead atoms. The molecular formula is C15H24ClN3O4. The van der Waals surface area contributed by atoms with Crippen LogP contribution >= 0.6 is 12.4 Å². The molecule has 1 aliphatic carbocycles. The van der Waals surface area contributed by atoms with Gasteiger partial charge >= 0.3 is 12.0 Å². The highest BCUT2D eigenvalue weighted by atomic mass is 35.5. The summed E-state index contributed by atoms with van der Waals surface area (Å²) < 4.78 is 0. The topological polar surface area (TPSA) is 90.0 Å². The van der Waals surface area contributed by atoms with Gasteiger partial charge in [0.05, 0.1) is 5.41 Å². The van der Waals surface area contributed by atoms with E-state index in [1.165, 1.54) is 4.90 Å². The van der Waals surface area contributed by atoms with Crippen LogP contribution in [0.25, 0.3) is 0 Å². The number of carboxylic acid groups (broad SMARTS) is 1. The van der Waals surface area contributed by atoms with Gasteiger partial charge in [-0.1, -0.05) is 6.42 Å². The van der Waals surface area contributed by atoms with Crippen LogP contribution in [-0.2, 0) is 9.59 Å². The maximum Gasteiger partial charge on any atom is 0.325 e. The Hall–Kier alpha value is -1.34. The van der Waals surface area contributed by atoms with Gasteiger partial charge in [-0.3, -0.25) is 14.5 Å². The summed E-state index contributed by atoms with van der Waals surface area (Å²) in [6, 6.07) is -0.359. The molecule has 0 aromatic carbocycles. The predicted molar refractivity (Wildman–Crippen MR) is 85.4 cm³/mol. The highest BCUT2D eigenvalue weighted by Crippen LogP contribution is 2.48. The summed E-state index contributed by atoms with van der Waals surface area (Å²) in [5, 5.41) is 12.2. The number of carbonyl (C=O) groups excluding carboxylic acids is 2. The number of aliphatic carboxylic acids is 1. The standard InChI is InChI=1S/C15H23N3O4.ClH/c1-14(2)11(19)18(13(22)16-14)7-6-17-8-10-4-3-5-15(10,9-17)12(20)21;/h10H,3-9H2,1-2H3,(H,16,22)(H,20,21);1H/t10-,15+;/m0./s1. The van der Waals surface area contributed by atoms with Crippen molar-refractivity contribution < 1.29 is 19.5 Å². The van der Waals surface area contributed by atoms with E-state index in [0.29, 0.717) is 19.6 Å². The zero-order valence-corrected chi connectivity index (χ0v) is 14.3. The van der Waals surface area contributed by atoms with Gasteiger partial charge in [-0.15, -0.1) is 12.4 Å². The lowest BCUT2D eigenvalue weighted by Crippen LogP contribution is -2.42. The van der Waals surface area contributed by atoms with Crippen molar-refractivity contribution >= 4 is 30.3 Å². The lowest BCUT2D eigenvalue weighted by Gasteiger charge is -2.24. The van der Waals surface area contributed by atoms with Gasteiger partial charge in [0.2, 0.25) is 0 Å². The van der Waals surface area contributed by atoms with Crippen molar-refractivity contribution in [3.05, 3.63) is 0 Å². The quantitative estimate of drug-likeness (QED) is 0.740. The number of halogens is 1. The third-order valence-electron chi connectivity index (χ3n) is 5.45. The van der Waals surface area contributed by atoms with Gasteiger partial charge in [-0.05, 0) is 32.6 Å². The molecule has 0 radical (unpaired) electrons. The van der Waals surface area contributed by atoms with E-state index in [1.807, 2.05) is 0 Å². The highest BCUT2D eigenvalue weighted by molar-refractivity contribution is 6.06. The molecule has 23 heavy (non-hydrogen) atoms. The number of fused-ring (bicyclic) bond motifs is 1. The molecule has 3 amide bonds. The first-order valence-electron chi connectivity index (χ1n) is 7.86. The number of hydrogen-bond acceptors (Lipinski definition) is 4. The van der Waals surface area contributed by atoms with Crippen molar-refractivity contribution in [3.8, 4) is 0 Å². The molecule has 2 aliphatic heterocycles. The second-order valence-electron chi connectivity index (χ2n) is 7.30. The Balaban J connectivity index is 0.00000192. The number of nitrogens with one attached hydrogen (secondary N) is 1. The first kappa shape index (κ1) is 18.0. The molecule has 3 aliphatic rings. The average molecular weight is 346 g/mol. The van der Waals surface area contributed by atoms with Gasteiger partial charge in [-0.25, -0.2) is 4.79 Å². The van der Waals surface area contributed by atoms with Gasteiger partial charge < -0.3 is 15.3 Å². The van der Waals surface area contributed by atoms with Gasteiger partial charge in [0.25, 0.3) is 5.91 Å². The van der Waals surface area contributed by atoms with Crippen LogP contribution in [0.4, 0.5) is 4.79 Å². The Labute approximate surface area is 141 Å². The van der Waals surface area contributed by atoms with Crippen LogP contribution in [-0.4, -0.2) is 64.5 Å². The summed E-state index contributed by atoms with van der Waals surface area (Å²) >= 11 is 0. The molecule has 0 aromatic rings. The summed E-state index contributed by atoms with van der Waals surface area (Å²) in [6.07, 6.45) is 2.67. The van der Waals surface area contributed by atoms with E-state index in [-0.39, 0.29) is 30.3 Å². The van der Waals surface area contributed by atoms with Crippen molar-refractivity contribution in [1.82, 2.24) is 15.1 Å². The summed E-state index contributed by atoms with van der Waals surface area (Å²) in [6.45, 7) is 5.51. The number of nitrogens with zero attached hydrogens (tertiary/aromatic N) is 2. The molecule has 2 N–H and O–H groups in total. The van der Waals surface area contributed by atoms with Crippen molar-refractivity contribution in [3.63, 3.8) is 0 Å². The predicted octanol–water partition coefficient (Wildman–Crippen LogP) is 0.925. The van der Waals surface area contributed by atoms with E-state index < -0.39 is 16.9 Å². The largest absolute Gasteiger partial charge is 0.481 e. The van der Waals surface area contributed by atoms with E-state index in [0.717, 1.165) is 25.8 Å². The van der Waals surface area contributed by atoms with E-state index >= 15 is 0 Å². The Morgan fingerprint density at radius 1 is 1.35 bits per heavy atom. The van der Waals surface area contributed by atoms with Gasteiger partial charge in [-0.2, -0.15) is 0 Å². The summed E-state index contributed by atoms with van der Waals surface area (Å²) in [5.74, 6) is -0.719. The third kappa shape index (κ3) is 2.80. The van der Waals surface area contributed by atoms with Crippen LogP contribution in [0.1, 0.15) is 33.1 Å². The zero-order valence-electron chi connectivity index (χ0n) is 13.5. The minimum absolute atomic E-state index is 0. The van der Waals surface area contributed by atoms with Gasteiger partial charge in [0, 0.05) is 26.2 Å². The molecule has 2 atom stereocenters. The number of carboxylic acids is 1. The van der Waals surface area contributed by atoms with Crippen molar-refractivity contribution in [2.75, 3.05) is 26.2 Å². The average Bonchev–Trinajstić information content (AvgIpc) is 3.00. The first-order chi connectivity index (χ1) is 10.3. The molecule has 8 heteroatoms. The Morgan fingerprint density at radius 2 is 2.04 bits per heavy atom. The lowest BCUT2D eigenvalue weighted by atomic mass is 9.81. The van der Waals surface area contributed by atoms with Crippen LogP contribution in [0.3, 0.4) is 0 Å². The molecule has 1 saturated carbocycles. The van der Waals surface area contributed by atoms with E-state index in [4.69, 9.17) is 0 Å². The molecule has 7 nitrogen and oxygen atoms in total. The summed E-state index contributed by atoms with van der Waals surface area (Å²) in [7, 11) is 0. The number of amides is 3. The van der Waals surface area contributed by atoms with E-state index in [9.17, 15) is 19.5 Å². The number of likely N-dealkylation sites (tertiary alicyclic amines) is 1. The number of imide groups is 1. The van der Waals surface area contributed by atoms with Crippen LogP contribution in [0.2, 0.25) is 0 Å². The fourth-order valence-corrected chi connectivity index (χ4v) is 4.18. The van der Waals surface area contributed by atoms with Gasteiger partial charge in [0.1, 0.15) is 5.54 Å². The number of carbonyl (C=O) groups is 3. The molecule has 0 spiro atoms. The third-order valence-corrected chi connectivity index (χ3v) is 5.45. The SMILES string of the molecule is CC1(C)NC(=O)N(CCN2C[C@@H]3CCC[C@@]3(C(=O)O)C2)C1=O.Cl. The van der Waals surface area contributed by atoms with E-state index in [1.54, 1.807) is 13.8 Å². The van der Waals surface area contributed by atoms with Crippen LogP contribution in [0.15, 0.2) is 0 Å². The molecule has 2 heterocycles. The Morgan fingerprint density at radius 3 is 2.57 bits per heavy atom. The molecule has 130 valence electrons. The minimum atomic E-state index is -0.846. The molecule has 0 unspecified atom stereocenters. The number of rotatable bonds is 4. The molecule has 2 saturated heterocycles. The Bertz CT molecular complexity index is 539. The smallest absolute Gasteiger partial charge is 0.325 e. The molecule has 0 aromatic heterocycles. The minimum Gasteiger partial charge on any atom is -0.481 e. The van der Waals surface area contributed by atoms with Crippen LogP contribution in [0.5, 0.6) is 0 Å². The maximum atomic E-state index is 12.1. The lowest BCUT2D eigenvalue weighted by molar-refractivity contribution is -0.149. The van der Waals surface area contributed by atoms with E-state index in [2.05, 4.69) is 10.2 Å². The van der Waals surface area contributed by atoms with Crippen LogP contribution in [0, 0.1) is 11.3 Å². The maximum absolute atomic E-state index is 12.1. The highest BCUT2D eigenvalue weighted by Gasteiger charge is 2.54. The zero-order chi connectivity index (χ0) is 16.1.